The molecule has 7 nitrogen and oxygen atoms in total. The molecule has 3 rings (SSSR count). The maximum atomic E-state index is 13.8. The fraction of sp³-hybridized carbons (Fsp3) is 0.286. The molecular formula is C14H12FN3O4. The van der Waals surface area contributed by atoms with Gasteiger partial charge in [-0.3, -0.25) is 29.4 Å². The monoisotopic (exact) mass is 305 g/mol. The number of fused-ring (bicyclic) bond motifs is 1. The van der Waals surface area contributed by atoms with Gasteiger partial charge in [-0.15, -0.1) is 0 Å². The lowest BCUT2D eigenvalue weighted by atomic mass is 10.0. The fourth-order valence-electron chi connectivity index (χ4n) is 2.69. The van der Waals surface area contributed by atoms with Crippen molar-refractivity contribution in [1.82, 2.24) is 10.2 Å². The number of piperidine rings is 1. The van der Waals surface area contributed by atoms with Crippen LogP contribution >= 0.6 is 0 Å². The number of hydrogen-bond acceptors (Lipinski definition) is 5. The predicted molar refractivity (Wildman–Crippen MR) is 71.0 cm³/mol. The van der Waals surface area contributed by atoms with Gasteiger partial charge >= 0.3 is 0 Å². The van der Waals surface area contributed by atoms with Gasteiger partial charge in [0.15, 0.2) is 0 Å². The zero-order valence-electron chi connectivity index (χ0n) is 11.4. The average molecular weight is 305 g/mol. The molecule has 22 heavy (non-hydrogen) atoms. The lowest BCUT2D eigenvalue weighted by Crippen LogP contribution is -2.54. The maximum Gasteiger partial charge on any atom is 0.262 e. The number of nitrogens with zero attached hydrogens (tertiary/aromatic N) is 1. The molecule has 2 aliphatic rings. The van der Waals surface area contributed by atoms with Gasteiger partial charge in [0.1, 0.15) is 11.9 Å². The van der Waals surface area contributed by atoms with Crippen molar-refractivity contribution < 1.29 is 23.6 Å². The van der Waals surface area contributed by atoms with Gasteiger partial charge in [-0.1, -0.05) is 0 Å². The minimum Gasteiger partial charge on any atom is -0.326 e. The minimum atomic E-state index is -1.06. The summed E-state index contributed by atoms with van der Waals surface area (Å²) in [5.74, 6) is -3.24. The van der Waals surface area contributed by atoms with Crippen LogP contribution in [0, 0.1) is 5.82 Å². The van der Waals surface area contributed by atoms with E-state index < -0.39 is 35.5 Å². The molecule has 1 unspecified atom stereocenters. The SMILES string of the molecule is NCc1cc2c(cc1F)C(=O)N(C1CCC(=O)NC1=O)C2=O. The molecule has 0 aliphatic carbocycles. The average Bonchev–Trinajstić information content (AvgIpc) is 2.70. The Labute approximate surface area is 124 Å². The summed E-state index contributed by atoms with van der Waals surface area (Å²) in [6, 6.07) is 1.13. The topological polar surface area (TPSA) is 110 Å². The molecule has 1 aromatic carbocycles. The summed E-state index contributed by atoms with van der Waals surface area (Å²) in [5.41, 5.74) is 5.44. The second-order valence-corrected chi connectivity index (χ2v) is 5.14. The highest BCUT2D eigenvalue weighted by molar-refractivity contribution is 6.23. The van der Waals surface area contributed by atoms with Crippen LogP contribution in [-0.4, -0.2) is 34.6 Å². The molecule has 8 heteroatoms. The summed E-state index contributed by atoms with van der Waals surface area (Å²) in [5, 5.41) is 2.09. The van der Waals surface area contributed by atoms with Crippen molar-refractivity contribution in [3.8, 4) is 0 Å². The van der Waals surface area contributed by atoms with Crippen molar-refractivity contribution in [2.45, 2.75) is 25.4 Å². The van der Waals surface area contributed by atoms with Crippen molar-refractivity contribution in [3.05, 3.63) is 34.6 Å². The first-order chi connectivity index (χ1) is 10.4. The van der Waals surface area contributed by atoms with Gasteiger partial charge in [0, 0.05) is 18.5 Å². The van der Waals surface area contributed by atoms with E-state index in [0.29, 0.717) is 0 Å². The highest BCUT2D eigenvalue weighted by Crippen LogP contribution is 2.29. The summed E-state index contributed by atoms with van der Waals surface area (Å²) in [4.78, 5) is 48.5. The van der Waals surface area contributed by atoms with E-state index >= 15 is 0 Å². The first-order valence-corrected chi connectivity index (χ1v) is 6.68. The Morgan fingerprint density at radius 2 is 1.82 bits per heavy atom. The van der Waals surface area contributed by atoms with Gasteiger partial charge < -0.3 is 5.73 Å². The Kier molecular flexibility index (Phi) is 3.25. The number of carbonyl (C=O) groups is 4. The van der Waals surface area contributed by atoms with Crippen LogP contribution in [0.2, 0.25) is 0 Å². The third-order valence-electron chi connectivity index (χ3n) is 3.83. The molecule has 1 aromatic rings. The van der Waals surface area contributed by atoms with E-state index in [1.807, 2.05) is 0 Å². The number of nitrogens with one attached hydrogen (secondary N) is 1. The fourth-order valence-corrected chi connectivity index (χ4v) is 2.69. The molecule has 4 amide bonds. The molecule has 0 bridgehead atoms. The summed E-state index contributed by atoms with van der Waals surface area (Å²) >= 11 is 0. The zero-order chi connectivity index (χ0) is 16.0. The van der Waals surface area contributed by atoms with Crippen LogP contribution in [-0.2, 0) is 16.1 Å². The number of halogens is 1. The third-order valence-corrected chi connectivity index (χ3v) is 3.83. The maximum absolute atomic E-state index is 13.8. The van der Waals surface area contributed by atoms with Crippen LogP contribution < -0.4 is 11.1 Å². The highest BCUT2D eigenvalue weighted by atomic mass is 19.1. The Morgan fingerprint density at radius 1 is 1.18 bits per heavy atom. The second kappa shape index (κ2) is 4.99. The molecule has 1 fully saturated rings. The van der Waals surface area contributed by atoms with Crippen LogP contribution in [0.25, 0.3) is 0 Å². The van der Waals surface area contributed by atoms with Crippen molar-refractivity contribution in [1.29, 1.82) is 0 Å². The molecule has 2 aliphatic heterocycles. The number of nitrogens with two attached hydrogens (primary N) is 1. The van der Waals surface area contributed by atoms with Crippen LogP contribution in [0.5, 0.6) is 0 Å². The molecule has 2 heterocycles. The lowest BCUT2D eigenvalue weighted by molar-refractivity contribution is -0.136. The van der Waals surface area contributed by atoms with Crippen LogP contribution in [0.1, 0.15) is 39.1 Å². The van der Waals surface area contributed by atoms with Gasteiger partial charge in [-0.2, -0.15) is 0 Å². The lowest BCUT2D eigenvalue weighted by Gasteiger charge is -2.27. The van der Waals surface area contributed by atoms with E-state index in [1.54, 1.807) is 0 Å². The predicted octanol–water partition coefficient (Wildman–Crippen LogP) is -0.314. The van der Waals surface area contributed by atoms with Gasteiger partial charge in [-0.25, -0.2) is 4.39 Å². The Bertz CT molecular complexity index is 731. The van der Waals surface area contributed by atoms with Crippen LogP contribution in [0.3, 0.4) is 0 Å². The number of carbonyl (C=O) groups excluding carboxylic acids is 4. The van der Waals surface area contributed by atoms with E-state index in [1.165, 1.54) is 6.07 Å². The van der Waals surface area contributed by atoms with Crippen molar-refractivity contribution in [2.24, 2.45) is 5.73 Å². The number of imide groups is 2. The van der Waals surface area contributed by atoms with E-state index in [0.717, 1.165) is 11.0 Å². The van der Waals surface area contributed by atoms with Crippen molar-refractivity contribution in [3.63, 3.8) is 0 Å². The van der Waals surface area contributed by atoms with Crippen LogP contribution in [0.4, 0.5) is 4.39 Å². The Balaban J connectivity index is 2.00. The Hall–Kier alpha value is -2.61. The molecule has 0 radical (unpaired) electrons. The van der Waals surface area contributed by atoms with Gasteiger partial charge in [0.05, 0.1) is 11.1 Å². The van der Waals surface area contributed by atoms with Gasteiger partial charge in [0.25, 0.3) is 11.8 Å². The first kappa shape index (κ1) is 14.3. The zero-order valence-corrected chi connectivity index (χ0v) is 11.4. The summed E-state index contributed by atoms with van der Waals surface area (Å²) in [6.45, 7) is -0.112. The quantitative estimate of drug-likeness (QED) is 0.728. The summed E-state index contributed by atoms with van der Waals surface area (Å²) < 4.78 is 13.8. The van der Waals surface area contributed by atoms with E-state index in [-0.39, 0.29) is 36.1 Å². The van der Waals surface area contributed by atoms with Crippen LogP contribution in [0.15, 0.2) is 12.1 Å². The van der Waals surface area contributed by atoms with Gasteiger partial charge in [-0.05, 0) is 18.6 Å². The van der Waals surface area contributed by atoms with Crippen molar-refractivity contribution in [2.75, 3.05) is 0 Å². The number of rotatable bonds is 2. The van der Waals surface area contributed by atoms with E-state index in [2.05, 4.69) is 5.32 Å². The molecule has 0 aromatic heterocycles. The molecule has 0 saturated carbocycles. The third kappa shape index (κ3) is 2.00. The molecule has 0 spiro atoms. The second-order valence-electron chi connectivity index (χ2n) is 5.14. The smallest absolute Gasteiger partial charge is 0.262 e. The van der Waals surface area contributed by atoms with E-state index in [9.17, 15) is 23.6 Å². The first-order valence-electron chi connectivity index (χ1n) is 6.68. The van der Waals surface area contributed by atoms with Crippen molar-refractivity contribution >= 4 is 23.6 Å². The largest absolute Gasteiger partial charge is 0.326 e. The standard InChI is InChI=1S/C14H12FN3O4/c15-9-4-8-7(3-6(9)5-16)13(21)18(14(8)22)10-1-2-11(19)17-12(10)20/h3-4,10H,1-2,5,16H2,(H,17,19,20). The highest BCUT2D eigenvalue weighted by Gasteiger charge is 2.44. The number of hydrogen-bond donors (Lipinski definition) is 2. The summed E-state index contributed by atoms with van der Waals surface area (Å²) in [7, 11) is 0. The molecule has 1 saturated heterocycles. The van der Waals surface area contributed by atoms with E-state index in [4.69, 9.17) is 5.73 Å². The number of amides is 4. The number of benzene rings is 1. The van der Waals surface area contributed by atoms with Gasteiger partial charge in [0.2, 0.25) is 11.8 Å². The molecule has 1 atom stereocenters. The molecular weight excluding hydrogens is 293 g/mol. The normalized spacial score (nSPS) is 21.2. The molecule has 3 N–H and O–H groups in total. The molecule has 114 valence electrons. The Morgan fingerprint density at radius 3 is 2.41 bits per heavy atom. The minimum absolute atomic E-state index is 0.0246. The summed E-state index contributed by atoms with van der Waals surface area (Å²) in [6.07, 6.45) is 0.0919.